The number of nitrogens with one attached hydrogen (secondary N) is 1. The Morgan fingerprint density at radius 1 is 0.919 bits per heavy atom. The first kappa shape index (κ1) is 24.7. The molecular weight excluding hydrogens is 463 g/mol. The van der Waals surface area contributed by atoms with E-state index in [0.29, 0.717) is 35.1 Å². The lowest BCUT2D eigenvalue weighted by atomic mass is 9.67. The Hall–Kier alpha value is -3.99. The standard InChI is InChI=1S/C32H31FN2O2/c1-19-5-9-22(10-6-19)30(37)29-27(21-11-13-23(33)14-12-21)28-25(17-32(3,4)18-26(28)36)35(31(29)34)24-15-7-20(2)8-16-24/h5-16,27,34,37H,17-18H2,1-4H3/b30-29+,34-31?. The van der Waals surface area contributed by atoms with Gasteiger partial charge in [0.05, 0.1) is 0 Å². The topological polar surface area (TPSA) is 64.4 Å². The lowest BCUT2D eigenvalue weighted by molar-refractivity contribution is -0.118. The average Bonchev–Trinajstić information content (AvgIpc) is 2.84. The van der Waals surface area contributed by atoms with Gasteiger partial charge in [0.2, 0.25) is 0 Å². The van der Waals surface area contributed by atoms with Crippen LogP contribution in [0.25, 0.3) is 5.76 Å². The molecule has 0 radical (unpaired) electrons. The van der Waals surface area contributed by atoms with E-state index in [1.54, 1.807) is 12.1 Å². The molecule has 4 nitrogen and oxygen atoms in total. The summed E-state index contributed by atoms with van der Waals surface area (Å²) >= 11 is 0. The highest BCUT2D eigenvalue weighted by atomic mass is 19.1. The van der Waals surface area contributed by atoms with Crippen LogP contribution in [0.3, 0.4) is 0 Å². The highest BCUT2D eigenvalue weighted by molar-refractivity contribution is 6.19. The number of anilines is 1. The summed E-state index contributed by atoms with van der Waals surface area (Å²) in [5, 5.41) is 21.1. The third kappa shape index (κ3) is 4.50. The van der Waals surface area contributed by atoms with Crippen LogP contribution in [-0.2, 0) is 4.79 Å². The SMILES string of the molecule is Cc1ccc(/C(O)=C2\C(=N)N(c3ccc(C)cc3)C3=C(C(=O)CC(C)(C)C3)C2c2ccc(F)cc2)cc1. The van der Waals surface area contributed by atoms with Gasteiger partial charge in [-0.1, -0.05) is 73.5 Å². The average molecular weight is 495 g/mol. The predicted molar refractivity (Wildman–Crippen MR) is 146 cm³/mol. The molecule has 2 N–H and O–H groups in total. The van der Waals surface area contributed by atoms with Crippen LogP contribution < -0.4 is 4.90 Å². The maximum atomic E-state index is 13.9. The molecule has 1 aliphatic heterocycles. The van der Waals surface area contributed by atoms with Crippen molar-refractivity contribution in [1.82, 2.24) is 0 Å². The van der Waals surface area contributed by atoms with Gasteiger partial charge in [-0.05, 0) is 55.5 Å². The Balaban J connectivity index is 1.84. The van der Waals surface area contributed by atoms with Gasteiger partial charge in [0, 0.05) is 40.4 Å². The zero-order valence-corrected chi connectivity index (χ0v) is 21.6. The number of hydrogen-bond acceptors (Lipinski definition) is 3. The lowest BCUT2D eigenvalue weighted by Crippen LogP contribution is -2.45. The van der Waals surface area contributed by atoms with Crippen LogP contribution in [0.15, 0.2) is 89.6 Å². The van der Waals surface area contributed by atoms with Gasteiger partial charge in [-0.2, -0.15) is 0 Å². The molecule has 5 rings (SSSR count). The van der Waals surface area contributed by atoms with Crippen molar-refractivity contribution in [2.75, 3.05) is 4.90 Å². The number of benzene rings is 3. The van der Waals surface area contributed by atoms with Crippen LogP contribution in [0.4, 0.5) is 10.1 Å². The third-order valence-corrected chi connectivity index (χ3v) is 7.30. The lowest BCUT2D eigenvalue weighted by Gasteiger charge is -2.45. The minimum atomic E-state index is -0.685. The summed E-state index contributed by atoms with van der Waals surface area (Å²) < 4.78 is 13.9. The molecule has 0 fully saturated rings. The molecule has 1 heterocycles. The monoisotopic (exact) mass is 494 g/mol. The number of halogens is 1. The molecule has 0 amide bonds. The second kappa shape index (κ2) is 9.15. The van der Waals surface area contributed by atoms with Crippen molar-refractivity contribution in [3.05, 3.63) is 118 Å². The molecule has 0 spiro atoms. The number of hydrogen-bond donors (Lipinski definition) is 2. The molecule has 188 valence electrons. The Kier molecular flexibility index (Phi) is 6.10. The second-order valence-corrected chi connectivity index (χ2v) is 10.9. The van der Waals surface area contributed by atoms with Crippen molar-refractivity contribution in [2.24, 2.45) is 5.41 Å². The van der Waals surface area contributed by atoms with E-state index in [9.17, 15) is 19.7 Å². The number of Topliss-reactive ketones (excluding diaryl/α,β-unsaturated/α-hetero) is 1. The number of ketones is 1. The molecule has 0 bridgehead atoms. The zero-order chi connectivity index (χ0) is 26.5. The van der Waals surface area contributed by atoms with E-state index in [1.807, 2.05) is 67.3 Å². The summed E-state index contributed by atoms with van der Waals surface area (Å²) in [6.07, 6.45) is 0.956. The molecule has 0 aromatic heterocycles. The molecule has 1 atom stereocenters. The Morgan fingerprint density at radius 2 is 1.49 bits per heavy atom. The van der Waals surface area contributed by atoms with Crippen LogP contribution in [0, 0.1) is 30.5 Å². The first-order valence-electron chi connectivity index (χ1n) is 12.5. The van der Waals surface area contributed by atoms with E-state index in [-0.39, 0.29) is 28.6 Å². The summed E-state index contributed by atoms with van der Waals surface area (Å²) in [6, 6.07) is 21.3. The minimum Gasteiger partial charge on any atom is -0.507 e. The van der Waals surface area contributed by atoms with E-state index in [4.69, 9.17) is 0 Å². The largest absolute Gasteiger partial charge is 0.507 e. The third-order valence-electron chi connectivity index (χ3n) is 7.30. The van der Waals surface area contributed by atoms with Crippen molar-refractivity contribution >= 4 is 23.1 Å². The number of aliphatic hydroxyl groups excluding tert-OH is 1. The maximum absolute atomic E-state index is 13.9. The molecular formula is C32H31FN2O2. The van der Waals surface area contributed by atoms with Crippen molar-refractivity contribution in [2.45, 2.75) is 46.5 Å². The number of aryl methyl sites for hydroxylation is 2. The maximum Gasteiger partial charge on any atom is 0.162 e. The molecule has 5 heteroatoms. The van der Waals surface area contributed by atoms with Crippen LogP contribution in [0.1, 0.15) is 54.9 Å². The number of allylic oxidation sites excluding steroid dienone is 2. The van der Waals surface area contributed by atoms with Crippen molar-refractivity contribution < 1.29 is 14.3 Å². The van der Waals surface area contributed by atoms with E-state index in [1.165, 1.54) is 12.1 Å². The number of carbonyl (C=O) groups is 1. The number of aliphatic hydroxyl groups is 1. The van der Waals surface area contributed by atoms with Gasteiger partial charge in [0.25, 0.3) is 0 Å². The number of amidine groups is 1. The van der Waals surface area contributed by atoms with Gasteiger partial charge in [0.1, 0.15) is 17.4 Å². The fourth-order valence-electron chi connectivity index (χ4n) is 5.45. The second-order valence-electron chi connectivity index (χ2n) is 10.9. The van der Waals surface area contributed by atoms with E-state index in [0.717, 1.165) is 22.5 Å². The van der Waals surface area contributed by atoms with Crippen LogP contribution in [0.2, 0.25) is 0 Å². The smallest absolute Gasteiger partial charge is 0.162 e. The molecule has 37 heavy (non-hydrogen) atoms. The summed E-state index contributed by atoms with van der Waals surface area (Å²) in [5.74, 6) is -1.02. The molecule has 1 unspecified atom stereocenters. The molecule has 0 saturated carbocycles. The fourth-order valence-corrected chi connectivity index (χ4v) is 5.45. The van der Waals surface area contributed by atoms with Gasteiger partial charge >= 0.3 is 0 Å². The van der Waals surface area contributed by atoms with Crippen molar-refractivity contribution in [1.29, 1.82) is 5.41 Å². The quantitative estimate of drug-likeness (QED) is 0.368. The number of nitrogens with zero attached hydrogens (tertiary/aromatic N) is 1. The van der Waals surface area contributed by atoms with E-state index in [2.05, 4.69) is 13.8 Å². The minimum absolute atomic E-state index is 0.0145. The fraction of sp³-hybridized carbons (Fsp3) is 0.250. The summed E-state index contributed by atoms with van der Waals surface area (Å²) in [4.78, 5) is 15.7. The van der Waals surface area contributed by atoms with Crippen molar-refractivity contribution in [3.8, 4) is 0 Å². The highest BCUT2D eigenvalue weighted by Crippen LogP contribution is 2.51. The Labute approximate surface area is 217 Å². The molecule has 0 saturated heterocycles. The van der Waals surface area contributed by atoms with E-state index >= 15 is 0 Å². The highest BCUT2D eigenvalue weighted by Gasteiger charge is 2.46. The van der Waals surface area contributed by atoms with Crippen molar-refractivity contribution in [3.63, 3.8) is 0 Å². The van der Waals surface area contributed by atoms with Crippen LogP contribution in [0.5, 0.6) is 0 Å². The molecule has 2 aliphatic rings. The Bertz CT molecular complexity index is 1450. The Morgan fingerprint density at radius 3 is 2.08 bits per heavy atom. The number of carbonyl (C=O) groups excluding carboxylic acids is 1. The predicted octanol–water partition coefficient (Wildman–Crippen LogP) is 7.64. The normalized spacial score (nSPS) is 20.7. The molecule has 1 aliphatic carbocycles. The first-order chi connectivity index (χ1) is 17.6. The van der Waals surface area contributed by atoms with Crippen LogP contribution >= 0.6 is 0 Å². The molecule has 3 aromatic rings. The van der Waals surface area contributed by atoms with Gasteiger partial charge in [-0.25, -0.2) is 4.39 Å². The number of rotatable bonds is 3. The van der Waals surface area contributed by atoms with Gasteiger partial charge in [-0.15, -0.1) is 0 Å². The van der Waals surface area contributed by atoms with Gasteiger partial charge < -0.3 is 5.11 Å². The molecule has 3 aromatic carbocycles. The van der Waals surface area contributed by atoms with Gasteiger partial charge in [-0.3, -0.25) is 15.1 Å². The first-order valence-corrected chi connectivity index (χ1v) is 12.5. The van der Waals surface area contributed by atoms with E-state index < -0.39 is 5.92 Å². The summed E-state index contributed by atoms with van der Waals surface area (Å²) in [6.45, 7) is 8.10. The summed E-state index contributed by atoms with van der Waals surface area (Å²) in [7, 11) is 0. The zero-order valence-electron chi connectivity index (χ0n) is 21.6. The summed E-state index contributed by atoms with van der Waals surface area (Å²) in [5.41, 5.74) is 5.52. The van der Waals surface area contributed by atoms with Crippen LogP contribution in [-0.4, -0.2) is 16.7 Å². The van der Waals surface area contributed by atoms with Gasteiger partial charge in [0.15, 0.2) is 5.78 Å².